The lowest BCUT2D eigenvalue weighted by molar-refractivity contribution is 0.0589. The summed E-state index contributed by atoms with van der Waals surface area (Å²) in [7, 11) is 0. The van der Waals surface area contributed by atoms with Gasteiger partial charge in [0.05, 0.1) is 45.0 Å². The molecule has 2 heterocycles. The lowest BCUT2D eigenvalue weighted by atomic mass is 9.86. The summed E-state index contributed by atoms with van der Waals surface area (Å²) in [6.07, 6.45) is 1.65. The highest BCUT2D eigenvalue weighted by Gasteiger charge is 2.44. The number of benzene rings is 8. The minimum atomic E-state index is -0.572. The molecule has 0 N–H and O–H groups in total. The lowest BCUT2D eigenvalue weighted by Gasteiger charge is -2.40. The van der Waals surface area contributed by atoms with Crippen LogP contribution in [0.15, 0.2) is 170 Å². The fraction of sp³-hybridized carbons (Fsp3) is 0.107. The van der Waals surface area contributed by atoms with Crippen molar-refractivity contribution in [3.63, 3.8) is 0 Å². The van der Waals surface area contributed by atoms with Gasteiger partial charge in [-0.05, 0) is 133 Å². The van der Waals surface area contributed by atoms with Gasteiger partial charge in [-0.2, -0.15) is 10.0 Å². The molecule has 64 heavy (non-hydrogen) atoms. The molecule has 0 atom stereocenters. The van der Waals surface area contributed by atoms with Crippen molar-refractivity contribution in [2.75, 3.05) is 10.0 Å². The molecule has 0 radical (unpaired) electrons. The monoisotopic (exact) mass is 836 g/mol. The molecule has 8 aromatic rings. The Labute approximate surface area is 372 Å². The SMILES string of the molecule is CCc1ccc(N(c2ccc(-c3ccc(C)cc3)cc2)N2C(=O)c3ccc4c5c(ccc(c35)C2=O)C(=O)N(N(c2ccc(CC)cc2)c2ccc(-c3ccc(C)cc3)cc2)C4=O)cc1. The van der Waals surface area contributed by atoms with Crippen LogP contribution in [-0.2, 0) is 12.8 Å². The van der Waals surface area contributed by atoms with Crippen molar-refractivity contribution in [1.82, 2.24) is 10.0 Å². The summed E-state index contributed by atoms with van der Waals surface area (Å²) in [5.41, 5.74) is 11.9. The van der Waals surface area contributed by atoms with Crippen LogP contribution in [0.25, 0.3) is 33.0 Å². The Morgan fingerprint density at radius 3 is 0.812 bits per heavy atom. The zero-order valence-electron chi connectivity index (χ0n) is 36.0. The van der Waals surface area contributed by atoms with Crippen molar-refractivity contribution in [2.24, 2.45) is 0 Å². The summed E-state index contributed by atoms with van der Waals surface area (Å²) < 4.78 is 0. The number of carbonyl (C=O) groups is 4. The van der Waals surface area contributed by atoms with Gasteiger partial charge in [-0.3, -0.25) is 19.2 Å². The van der Waals surface area contributed by atoms with Gasteiger partial charge >= 0.3 is 0 Å². The molecule has 0 bridgehead atoms. The van der Waals surface area contributed by atoms with E-state index in [1.54, 1.807) is 34.3 Å². The second-order valence-corrected chi connectivity index (χ2v) is 16.4. The van der Waals surface area contributed by atoms with E-state index in [1.165, 1.54) is 10.0 Å². The van der Waals surface area contributed by atoms with Crippen molar-refractivity contribution in [3.8, 4) is 22.3 Å². The van der Waals surface area contributed by atoms with Gasteiger partial charge in [0.1, 0.15) is 0 Å². The quantitative estimate of drug-likeness (QED) is 0.128. The highest BCUT2D eigenvalue weighted by atomic mass is 16.2. The first-order valence-electron chi connectivity index (χ1n) is 21.6. The number of aryl methyl sites for hydroxylation is 4. The van der Waals surface area contributed by atoms with Crippen LogP contribution in [0.2, 0.25) is 0 Å². The molecule has 8 heteroatoms. The van der Waals surface area contributed by atoms with Gasteiger partial charge in [0, 0.05) is 10.8 Å². The van der Waals surface area contributed by atoms with Gasteiger partial charge in [0.15, 0.2) is 0 Å². The Balaban J connectivity index is 1.05. The first kappa shape index (κ1) is 40.0. The van der Waals surface area contributed by atoms with Crippen molar-refractivity contribution in [2.45, 2.75) is 40.5 Å². The maximum atomic E-state index is 15.0. The molecular weight excluding hydrogens is 793 g/mol. The van der Waals surface area contributed by atoms with Gasteiger partial charge < -0.3 is 0 Å². The fourth-order valence-corrected chi connectivity index (χ4v) is 8.80. The van der Waals surface area contributed by atoms with Crippen LogP contribution in [-0.4, -0.2) is 33.6 Å². The Hall–Kier alpha value is -8.10. The number of anilines is 4. The number of imide groups is 2. The van der Waals surface area contributed by atoms with Gasteiger partial charge in [-0.15, -0.1) is 0 Å². The fourth-order valence-electron chi connectivity index (χ4n) is 8.80. The molecule has 4 amide bonds. The van der Waals surface area contributed by atoms with Crippen LogP contribution in [0.5, 0.6) is 0 Å². The number of hydrazine groups is 2. The van der Waals surface area contributed by atoms with Gasteiger partial charge in [0.2, 0.25) is 0 Å². The third-order valence-electron chi connectivity index (χ3n) is 12.4. The summed E-state index contributed by atoms with van der Waals surface area (Å²) in [5.74, 6) is -2.29. The van der Waals surface area contributed by atoms with Crippen molar-refractivity contribution in [1.29, 1.82) is 0 Å². The van der Waals surface area contributed by atoms with Gasteiger partial charge in [-0.25, -0.2) is 10.0 Å². The topological polar surface area (TPSA) is 81.2 Å². The van der Waals surface area contributed by atoms with Gasteiger partial charge in [0.25, 0.3) is 23.6 Å². The third-order valence-corrected chi connectivity index (χ3v) is 12.4. The van der Waals surface area contributed by atoms with E-state index >= 15 is 0 Å². The molecule has 0 saturated carbocycles. The normalized spacial score (nSPS) is 13.2. The summed E-state index contributed by atoms with van der Waals surface area (Å²) in [6, 6.07) is 54.1. The zero-order chi connectivity index (χ0) is 44.2. The van der Waals surface area contributed by atoms with E-state index in [2.05, 4.69) is 62.4 Å². The number of carbonyl (C=O) groups excluding carboxylic acids is 4. The second-order valence-electron chi connectivity index (χ2n) is 16.4. The Morgan fingerprint density at radius 2 is 0.562 bits per heavy atom. The van der Waals surface area contributed by atoms with Crippen LogP contribution < -0.4 is 10.0 Å². The molecule has 0 saturated heterocycles. The van der Waals surface area contributed by atoms with E-state index in [9.17, 15) is 19.2 Å². The van der Waals surface area contributed by atoms with E-state index in [1.807, 2.05) is 111 Å². The molecule has 2 aliphatic heterocycles. The largest absolute Gasteiger partial charge is 0.280 e. The van der Waals surface area contributed by atoms with Crippen LogP contribution in [0.3, 0.4) is 0 Å². The Kier molecular flexibility index (Phi) is 9.99. The van der Waals surface area contributed by atoms with Crippen LogP contribution >= 0.6 is 0 Å². The first-order valence-corrected chi connectivity index (χ1v) is 21.6. The highest BCUT2D eigenvalue weighted by Crippen LogP contribution is 2.43. The predicted octanol–water partition coefficient (Wildman–Crippen LogP) is 12.6. The predicted molar refractivity (Wildman–Crippen MR) is 254 cm³/mol. The van der Waals surface area contributed by atoms with E-state index in [-0.39, 0.29) is 22.3 Å². The van der Waals surface area contributed by atoms with Crippen LogP contribution in [0.4, 0.5) is 22.7 Å². The molecule has 8 aromatic carbocycles. The molecule has 0 aliphatic carbocycles. The van der Waals surface area contributed by atoms with Crippen molar-refractivity contribution in [3.05, 3.63) is 214 Å². The molecule has 0 aromatic heterocycles. The van der Waals surface area contributed by atoms with E-state index < -0.39 is 23.6 Å². The Morgan fingerprint density at radius 1 is 0.328 bits per heavy atom. The molecule has 312 valence electrons. The maximum absolute atomic E-state index is 15.0. The smallest absolute Gasteiger partial charge is 0.267 e. The molecule has 10 rings (SSSR count). The number of hydrogen-bond donors (Lipinski definition) is 0. The first-order chi connectivity index (χ1) is 31.1. The summed E-state index contributed by atoms with van der Waals surface area (Å²) >= 11 is 0. The second kappa shape index (κ2) is 16.0. The highest BCUT2D eigenvalue weighted by molar-refractivity contribution is 6.34. The van der Waals surface area contributed by atoms with Crippen molar-refractivity contribution >= 4 is 57.2 Å². The van der Waals surface area contributed by atoms with E-state index in [4.69, 9.17) is 0 Å². The molecule has 2 aliphatic rings. The molecular formula is C56H44N4O4. The standard InChI is InChI=1S/C56H44N4O4/c1-5-37-11-23-43(24-12-37)57(45-27-19-41(20-28-45)39-15-7-35(3)8-16-39)59-53(61)47-31-33-49-52-50(34-32-48(51(47)52)54(59)62)56(64)60(55(49)63)58(44-25-13-38(6-2)14-26-44)46-29-21-42(22-30-46)40-17-9-36(4)10-18-40/h7-34H,5-6H2,1-4H3. The number of amides is 4. The van der Waals surface area contributed by atoms with Gasteiger partial charge in [-0.1, -0.05) is 122 Å². The van der Waals surface area contributed by atoms with Crippen LogP contribution in [0.1, 0.15) is 77.5 Å². The number of rotatable bonds is 10. The summed E-state index contributed by atoms with van der Waals surface area (Å²) in [4.78, 5) is 59.8. The minimum Gasteiger partial charge on any atom is -0.267 e. The third kappa shape index (κ3) is 6.71. The Bertz CT molecular complexity index is 2860. The van der Waals surface area contributed by atoms with E-state index in [0.717, 1.165) is 57.3 Å². The lowest BCUT2D eigenvalue weighted by Crippen LogP contribution is -2.52. The maximum Gasteiger partial charge on any atom is 0.280 e. The van der Waals surface area contributed by atoms with E-state index in [0.29, 0.717) is 33.5 Å². The molecule has 8 nitrogen and oxygen atoms in total. The summed E-state index contributed by atoms with van der Waals surface area (Å²) in [6.45, 7) is 8.24. The molecule has 0 fully saturated rings. The van der Waals surface area contributed by atoms with Crippen LogP contribution in [0, 0.1) is 13.8 Å². The number of nitrogens with zero attached hydrogens (tertiary/aromatic N) is 4. The number of hydrogen-bond acceptors (Lipinski definition) is 6. The summed E-state index contributed by atoms with van der Waals surface area (Å²) in [5, 5.41) is 6.22. The zero-order valence-corrected chi connectivity index (χ0v) is 36.0. The average molecular weight is 837 g/mol. The van der Waals surface area contributed by atoms with Crippen molar-refractivity contribution < 1.29 is 19.2 Å². The average Bonchev–Trinajstić information content (AvgIpc) is 3.33. The minimum absolute atomic E-state index is 0.217. The molecule has 0 spiro atoms. The molecule has 0 unspecified atom stereocenters.